The van der Waals surface area contributed by atoms with Crippen molar-refractivity contribution in [2.45, 2.75) is 49.2 Å². The fourth-order valence-electron chi connectivity index (χ4n) is 4.54. The van der Waals surface area contributed by atoms with Gasteiger partial charge >= 0.3 is 0 Å². The van der Waals surface area contributed by atoms with E-state index >= 15 is 0 Å². The highest BCUT2D eigenvalue weighted by Gasteiger charge is 2.30. The zero-order valence-electron chi connectivity index (χ0n) is 20.1. The molecule has 35 heavy (non-hydrogen) atoms. The molecule has 7 nitrogen and oxygen atoms in total. The predicted molar refractivity (Wildman–Crippen MR) is 139 cm³/mol. The summed E-state index contributed by atoms with van der Waals surface area (Å²) in [6, 6.07) is 19.4. The smallest absolute Gasteiger partial charge is 0.241 e. The maximum Gasteiger partial charge on any atom is 0.241 e. The van der Waals surface area contributed by atoms with Gasteiger partial charge in [-0.25, -0.2) is 8.42 Å². The van der Waals surface area contributed by atoms with Gasteiger partial charge in [0.15, 0.2) is 0 Å². The second-order valence-corrected chi connectivity index (χ2v) is 10.8. The third-order valence-corrected chi connectivity index (χ3v) is 8.10. The molecule has 1 aliphatic rings. The maximum absolute atomic E-state index is 13.6. The van der Waals surface area contributed by atoms with Crippen LogP contribution >= 0.6 is 0 Å². The number of nitrogens with two attached hydrogens (primary N) is 1. The summed E-state index contributed by atoms with van der Waals surface area (Å²) in [6.07, 6.45) is 4.02. The van der Waals surface area contributed by atoms with Gasteiger partial charge in [0, 0.05) is 13.1 Å². The molecule has 0 spiro atoms. The zero-order chi connectivity index (χ0) is 24.8. The van der Waals surface area contributed by atoms with E-state index in [1.807, 2.05) is 53.4 Å². The number of nitrogens with one attached hydrogen (secondary N) is 2. The SMILES string of the molecule is CNC(N)c1ccc(C[C@H](NS(=O)(=O)c2ccc3ccccc3c2)C(=O)N2CCCCCC2)cc1. The Labute approximate surface area is 207 Å². The fourth-order valence-corrected chi connectivity index (χ4v) is 5.77. The second-order valence-electron chi connectivity index (χ2n) is 9.13. The van der Waals surface area contributed by atoms with Crippen LogP contribution in [0.5, 0.6) is 0 Å². The average molecular weight is 495 g/mol. The normalized spacial score (nSPS) is 16.6. The molecule has 1 saturated heterocycles. The van der Waals surface area contributed by atoms with Crippen LogP contribution in [-0.2, 0) is 21.2 Å². The third kappa shape index (κ3) is 6.27. The molecule has 1 amide bonds. The molecule has 3 aromatic rings. The van der Waals surface area contributed by atoms with Crippen molar-refractivity contribution in [3.05, 3.63) is 77.9 Å². The predicted octanol–water partition coefficient (Wildman–Crippen LogP) is 3.31. The van der Waals surface area contributed by atoms with Crippen molar-refractivity contribution in [2.24, 2.45) is 5.73 Å². The summed E-state index contributed by atoms with van der Waals surface area (Å²) in [5.41, 5.74) is 7.82. The molecule has 1 aliphatic heterocycles. The summed E-state index contributed by atoms with van der Waals surface area (Å²) < 4.78 is 29.5. The Balaban J connectivity index is 1.61. The third-order valence-electron chi connectivity index (χ3n) is 6.63. The molecule has 186 valence electrons. The summed E-state index contributed by atoms with van der Waals surface area (Å²) in [5, 5.41) is 4.79. The van der Waals surface area contributed by atoms with Crippen LogP contribution in [-0.4, -0.2) is 45.4 Å². The average Bonchev–Trinajstić information content (AvgIpc) is 3.17. The highest BCUT2D eigenvalue weighted by molar-refractivity contribution is 7.89. The van der Waals surface area contributed by atoms with Crippen LogP contribution < -0.4 is 15.8 Å². The largest absolute Gasteiger partial charge is 0.341 e. The van der Waals surface area contributed by atoms with E-state index in [1.165, 1.54) is 0 Å². The lowest BCUT2D eigenvalue weighted by Gasteiger charge is -2.27. The number of carbonyl (C=O) groups excluding carboxylic acids is 1. The Morgan fingerprint density at radius 2 is 1.60 bits per heavy atom. The van der Waals surface area contributed by atoms with E-state index in [4.69, 9.17) is 5.73 Å². The van der Waals surface area contributed by atoms with Crippen molar-refractivity contribution in [1.82, 2.24) is 14.9 Å². The Bertz CT molecular complexity index is 1250. The number of hydrogen-bond donors (Lipinski definition) is 3. The lowest BCUT2D eigenvalue weighted by Crippen LogP contribution is -2.49. The number of nitrogens with zero attached hydrogens (tertiary/aromatic N) is 1. The zero-order valence-corrected chi connectivity index (χ0v) is 20.9. The van der Waals surface area contributed by atoms with Crippen molar-refractivity contribution in [1.29, 1.82) is 0 Å². The Morgan fingerprint density at radius 1 is 0.943 bits per heavy atom. The first kappa shape index (κ1) is 25.3. The molecule has 0 radical (unpaired) electrons. The van der Waals surface area contributed by atoms with E-state index in [1.54, 1.807) is 25.2 Å². The number of sulfonamides is 1. The van der Waals surface area contributed by atoms with Gasteiger partial charge in [-0.05, 0) is 60.3 Å². The van der Waals surface area contributed by atoms with Crippen LogP contribution in [0, 0.1) is 0 Å². The van der Waals surface area contributed by atoms with Gasteiger partial charge in [0.25, 0.3) is 0 Å². The summed E-state index contributed by atoms with van der Waals surface area (Å²) in [7, 11) is -2.13. The highest BCUT2D eigenvalue weighted by atomic mass is 32.2. The van der Waals surface area contributed by atoms with E-state index < -0.39 is 16.1 Å². The van der Waals surface area contributed by atoms with Crippen molar-refractivity contribution < 1.29 is 13.2 Å². The molecule has 0 aromatic heterocycles. The van der Waals surface area contributed by atoms with E-state index in [0.717, 1.165) is 47.6 Å². The number of likely N-dealkylation sites (tertiary alicyclic amines) is 1. The van der Waals surface area contributed by atoms with Gasteiger partial charge < -0.3 is 16.0 Å². The van der Waals surface area contributed by atoms with Gasteiger partial charge in [-0.3, -0.25) is 4.79 Å². The summed E-state index contributed by atoms with van der Waals surface area (Å²) >= 11 is 0. The van der Waals surface area contributed by atoms with E-state index in [-0.39, 0.29) is 23.4 Å². The first-order chi connectivity index (χ1) is 16.9. The Kier molecular flexibility index (Phi) is 8.18. The number of rotatable bonds is 8. The summed E-state index contributed by atoms with van der Waals surface area (Å²) in [4.78, 5) is 15.5. The van der Waals surface area contributed by atoms with Gasteiger partial charge in [-0.15, -0.1) is 0 Å². The van der Waals surface area contributed by atoms with Crippen molar-refractivity contribution >= 4 is 26.7 Å². The standard InChI is InChI=1S/C27H34N4O3S/c1-29-26(28)22-12-10-20(11-13-22)18-25(27(32)31-16-6-2-3-7-17-31)30-35(33,34)24-15-14-21-8-4-5-9-23(21)19-24/h4-5,8-15,19,25-26,29-30H,2-3,6-7,16-18,28H2,1H3/t25-,26?/m0/s1. The molecular formula is C27H34N4O3S. The fraction of sp³-hybridized carbons (Fsp3) is 0.370. The number of benzene rings is 3. The first-order valence-electron chi connectivity index (χ1n) is 12.2. The van der Waals surface area contributed by atoms with Gasteiger partial charge in [-0.1, -0.05) is 67.4 Å². The van der Waals surface area contributed by atoms with Gasteiger partial charge in [0.1, 0.15) is 6.04 Å². The number of amides is 1. The summed E-state index contributed by atoms with van der Waals surface area (Å²) in [6.45, 7) is 1.31. The van der Waals surface area contributed by atoms with E-state index in [9.17, 15) is 13.2 Å². The number of fused-ring (bicyclic) bond motifs is 1. The van der Waals surface area contributed by atoms with Crippen LogP contribution in [0.1, 0.15) is 43.0 Å². The van der Waals surface area contributed by atoms with Crippen LogP contribution in [0.15, 0.2) is 71.6 Å². The van der Waals surface area contributed by atoms with Gasteiger partial charge in [0.2, 0.25) is 15.9 Å². The molecule has 0 bridgehead atoms. The second kappa shape index (κ2) is 11.3. The van der Waals surface area contributed by atoms with E-state index in [0.29, 0.717) is 13.1 Å². The van der Waals surface area contributed by atoms with Gasteiger partial charge in [0.05, 0.1) is 11.1 Å². The van der Waals surface area contributed by atoms with Crippen LogP contribution in [0.3, 0.4) is 0 Å². The van der Waals surface area contributed by atoms with Crippen LogP contribution in [0.2, 0.25) is 0 Å². The lowest BCUT2D eigenvalue weighted by molar-refractivity contribution is -0.132. The Hall–Kier alpha value is -2.78. The minimum absolute atomic E-state index is 0.153. The van der Waals surface area contributed by atoms with Gasteiger partial charge in [-0.2, -0.15) is 4.72 Å². The molecule has 4 rings (SSSR count). The topological polar surface area (TPSA) is 105 Å². The molecule has 4 N–H and O–H groups in total. The van der Waals surface area contributed by atoms with Crippen molar-refractivity contribution in [2.75, 3.05) is 20.1 Å². The lowest BCUT2D eigenvalue weighted by atomic mass is 10.0. The monoisotopic (exact) mass is 494 g/mol. The molecule has 8 heteroatoms. The molecule has 0 saturated carbocycles. The molecule has 1 unspecified atom stereocenters. The van der Waals surface area contributed by atoms with E-state index in [2.05, 4.69) is 10.0 Å². The molecule has 1 fully saturated rings. The highest BCUT2D eigenvalue weighted by Crippen LogP contribution is 2.21. The summed E-state index contributed by atoms with van der Waals surface area (Å²) in [5.74, 6) is -0.174. The van der Waals surface area contributed by atoms with Crippen LogP contribution in [0.4, 0.5) is 0 Å². The number of carbonyl (C=O) groups is 1. The molecular weight excluding hydrogens is 460 g/mol. The molecule has 3 aromatic carbocycles. The van der Waals surface area contributed by atoms with Crippen LogP contribution in [0.25, 0.3) is 10.8 Å². The molecule has 2 atom stereocenters. The quantitative estimate of drug-likeness (QED) is 0.417. The minimum atomic E-state index is -3.92. The maximum atomic E-state index is 13.6. The Morgan fingerprint density at radius 3 is 2.26 bits per heavy atom. The molecule has 0 aliphatic carbocycles. The van der Waals surface area contributed by atoms with Crippen molar-refractivity contribution in [3.8, 4) is 0 Å². The van der Waals surface area contributed by atoms with Crippen molar-refractivity contribution in [3.63, 3.8) is 0 Å². The minimum Gasteiger partial charge on any atom is -0.341 e. The molecule has 1 heterocycles. The number of hydrogen-bond acceptors (Lipinski definition) is 5. The first-order valence-corrected chi connectivity index (χ1v) is 13.7.